The first-order chi connectivity index (χ1) is 12.7. The summed E-state index contributed by atoms with van der Waals surface area (Å²) < 4.78 is 0. The number of hydrogen-bond acceptors (Lipinski definition) is 10. The summed E-state index contributed by atoms with van der Waals surface area (Å²) in [6.07, 6.45) is 0. The number of aliphatic carboxylic acids is 6. The fraction of sp³-hybridized carbons (Fsp3) is 0.571. The molecule has 4 N–H and O–H groups in total. The molecule has 0 aromatic carbocycles. The first-order valence-electron chi connectivity index (χ1n) is 7.34. The molecular weight excluding hydrogens is 412 g/mol. The van der Waals surface area contributed by atoms with Crippen LogP contribution in [0.3, 0.4) is 0 Å². The molecule has 0 spiro atoms. The molecule has 0 fully saturated rings. The van der Waals surface area contributed by atoms with Crippen LogP contribution in [0, 0.1) is 0 Å². The van der Waals surface area contributed by atoms with E-state index < -0.39 is 62.0 Å². The molecule has 0 atom stereocenters. The van der Waals surface area contributed by atoms with Crippen molar-refractivity contribution in [1.82, 2.24) is 9.80 Å². The van der Waals surface area contributed by atoms with Crippen molar-refractivity contribution in [2.24, 2.45) is 0 Å². The van der Waals surface area contributed by atoms with Crippen LogP contribution in [-0.2, 0) is 28.8 Å². The van der Waals surface area contributed by atoms with E-state index in [2.05, 4.69) is 0 Å². The van der Waals surface area contributed by atoms with Crippen LogP contribution in [0.25, 0.3) is 0 Å². The number of carbonyl (C=O) groups excluding carboxylic acids is 2. The van der Waals surface area contributed by atoms with Gasteiger partial charge >= 0.3 is 46.9 Å². The zero-order valence-electron chi connectivity index (χ0n) is 15.9. The smallest absolute Gasteiger partial charge is 0.550 e. The maximum atomic E-state index is 10.6. The minimum absolute atomic E-state index is 0. The molecule has 0 saturated carbocycles. The number of nitrogens with zero attached hydrogens (tertiary/aromatic N) is 2. The van der Waals surface area contributed by atoms with Gasteiger partial charge in [-0.15, -0.1) is 0 Å². The third-order valence-electron chi connectivity index (χ3n) is 2.17. The van der Waals surface area contributed by atoms with Crippen molar-refractivity contribution in [3.63, 3.8) is 0 Å². The second kappa shape index (κ2) is 20.2. The molecule has 0 unspecified atom stereocenters. The van der Waals surface area contributed by atoms with Gasteiger partial charge in [-0.2, -0.15) is 0 Å². The third kappa shape index (κ3) is 41.2. The number of carboxylic acids is 6. The number of hydrogen-bond donors (Lipinski definition) is 4. The molecule has 29 heavy (non-hydrogen) atoms. The van der Waals surface area contributed by atoms with Gasteiger partial charge in [0.25, 0.3) is 0 Å². The Morgan fingerprint density at radius 2 is 0.724 bits per heavy atom. The largest absolute Gasteiger partial charge is 2.00 e. The monoisotopic (exact) mass is 434 g/mol. The van der Waals surface area contributed by atoms with Crippen molar-refractivity contribution in [1.29, 1.82) is 0 Å². The maximum absolute atomic E-state index is 10.6. The summed E-state index contributed by atoms with van der Waals surface area (Å²) in [5.74, 6) is -7.08. The quantitative estimate of drug-likeness (QED) is 0.223. The summed E-state index contributed by atoms with van der Waals surface area (Å²) in [7, 11) is 0. The summed E-state index contributed by atoms with van der Waals surface area (Å²) in [5.41, 5.74) is 0. The first-order valence-corrected chi connectivity index (χ1v) is 7.34. The van der Waals surface area contributed by atoms with Gasteiger partial charge < -0.3 is 40.2 Å². The van der Waals surface area contributed by atoms with Gasteiger partial charge in [0.1, 0.15) is 0 Å². The molecule has 0 amide bonds. The molecule has 14 nitrogen and oxygen atoms in total. The number of rotatable bonds is 11. The molecule has 0 aliphatic rings. The molecule has 0 heterocycles. The molecule has 15 heteroatoms. The zero-order chi connectivity index (χ0) is 22.9. The van der Waals surface area contributed by atoms with Crippen LogP contribution in [0.5, 0.6) is 0 Å². The molecule has 0 aliphatic carbocycles. The summed E-state index contributed by atoms with van der Waals surface area (Å²) >= 11 is 0. The number of carboxylic acid groups (broad SMARTS) is 6. The third-order valence-corrected chi connectivity index (χ3v) is 2.17. The molecule has 0 aromatic heterocycles. The normalized spacial score (nSPS) is 9.10. The Balaban J connectivity index is -0.000000294. The molecule has 0 aromatic rings. The van der Waals surface area contributed by atoms with Gasteiger partial charge in [0.2, 0.25) is 0 Å². The fourth-order valence-electron chi connectivity index (χ4n) is 1.48. The van der Waals surface area contributed by atoms with Crippen molar-refractivity contribution in [3.8, 4) is 0 Å². The van der Waals surface area contributed by atoms with Crippen LogP contribution in [0.1, 0.15) is 13.8 Å². The molecule has 0 radical (unpaired) electrons. The Labute approximate surface area is 181 Å². The molecule has 0 rings (SSSR count). The van der Waals surface area contributed by atoms with Gasteiger partial charge in [-0.25, -0.2) is 0 Å². The van der Waals surface area contributed by atoms with Gasteiger partial charge in [0, 0.05) is 25.0 Å². The topological polar surface area (TPSA) is 236 Å². The fourth-order valence-corrected chi connectivity index (χ4v) is 1.48. The van der Waals surface area contributed by atoms with Crippen molar-refractivity contribution in [2.45, 2.75) is 13.8 Å². The minimum atomic E-state index is -1.23. The van der Waals surface area contributed by atoms with Gasteiger partial charge in [-0.1, -0.05) is 0 Å². The Hall–Kier alpha value is -2.49. The molecule has 0 aliphatic heterocycles. The van der Waals surface area contributed by atoms with Crippen LogP contribution in [-0.4, -0.2) is 128 Å². The standard InChI is InChI=1S/C10H16N2O8.2C2H4O2.Mg/c13-7(14)3-11(4-8(15)16)1-2-12(5-9(17)18)6-10(19)20;2*1-2(3)4;/h1-6H2,(H,13,14)(H,15,16)(H,17,18)(H,19,20);2*1H3,(H,3,4);/q;;;+2/p-2. The summed E-state index contributed by atoms with van der Waals surface area (Å²) in [6, 6.07) is 0. The van der Waals surface area contributed by atoms with Crippen LogP contribution < -0.4 is 10.2 Å². The summed E-state index contributed by atoms with van der Waals surface area (Å²) in [5, 5.41) is 52.2. The van der Waals surface area contributed by atoms with E-state index in [1.54, 1.807) is 0 Å². The van der Waals surface area contributed by atoms with E-state index in [1.165, 1.54) is 0 Å². The Bertz CT molecular complexity index is 467. The molecular formula is C14H22MgN2O12. The van der Waals surface area contributed by atoms with Crippen molar-refractivity contribution >= 4 is 58.9 Å². The second-order valence-electron chi connectivity index (χ2n) is 4.98. The molecule has 0 saturated heterocycles. The van der Waals surface area contributed by atoms with Gasteiger partial charge in [-0.05, 0) is 13.8 Å². The minimum Gasteiger partial charge on any atom is -0.550 e. The van der Waals surface area contributed by atoms with E-state index in [4.69, 9.17) is 40.2 Å². The van der Waals surface area contributed by atoms with Gasteiger partial charge in [0.15, 0.2) is 0 Å². The van der Waals surface area contributed by atoms with Crippen molar-refractivity contribution in [3.05, 3.63) is 0 Å². The SMILES string of the molecule is CC(=O)[O-].CC(=O)[O-].O=C(O)CN(CCN(CC(=O)O)CC(=O)O)CC(=O)O.[Mg+2]. The van der Waals surface area contributed by atoms with Gasteiger partial charge in [0.05, 0.1) is 26.2 Å². The predicted octanol–water partition coefficient (Wildman–Crippen LogP) is -4.94. The average Bonchev–Trinajstić information content (AvgIpc) is 2.40. The summed E-state index contributed by atoms with van der Waals surface area (Å²) in [6.45, 7) is -0.306. The van der Waals surface area contributed by atoms with E-state index in [-0.39, 0.29) is 36.1 Å². The Morgan fingerprint density at radius 3 is 0.828 bits per heavy atom. The maximum Gasteiger partial charge on any atom is 2.00 e. The second-order valence-corrected chi connectivity index (χ2v) is 4.98. The van der Waals surface area contributed by atoms with E-state index in [0.717, 1.165) is 23.6 Å². The Kier molecular flexibility index (Phi) is 23.8. The predicted molar refractivity (Wildman–Crippen MR) is 90.5 cm³/mol. The zero-order valence-corrected chi connectivity index (χ0v) is 17.3. The van der Waals surface area contributed by atoms with Gasteiger partial charge in [-0.3, -0.25) is 29.0 Å². The molecule has 162 valence electrons. The van der Waals surface area contributed by atoms with Crippen LogP contribution >= 0.6 is 0 Å². The van der Waals surface area contributed by atoms with Crippen LogP contribution in [0.15, 0.2) is 0 Å². The number of carbonyl (C=O) groups is 6. The van der Waals surface area contributed by atoms with E-state index in [9.17, 15) is 19.2 Å². The van der Waals surface area contributed by atoms with Crippen molar-refractivity contribution in [2.75, 3.05) is 39.3 Å². The van der Waals surface area contributed by atoms with E-state index >= 15 is 0 Å². The Morgan fingerprint density at radius 1 is 0.586 bits per heavy atom. The van der Waals surface area contributed by atoms with Crippen LogP contribution in [0.2, 0.25) is 0 Å². The molecule has 0 bridgehead atoms. The van der Waals surface area contributed by atoms with Crippen LogP contribution in [0.4, 0.5) is 0 Å². The van der Waals surface area contributed by atoms with E-state index in [1.807, 2.05) is 0 Å². The first kappa shape index (κ1) is 34.0. The average molecular weight is 435 g/mol. The summed E-state index contributed by atoms with van der Waals surface area (Å²) in [4.78, 5) is 62.1. The van der Waals surface area contributed by atoms with Crippen molar-refractivity contribution < 1.29 is 59.4 Å². The van der Waals surface area contributed by atoms with E-state index in [0.29, 0.717) is 0 Å².